The van der Waals surface area contributed by atoms with Crippen molar-refractivity contribution < 1.29 is 9.90 Å². The maximum absolute atomic E-state index is 11.0. The first-order valence-electron chi connectivity index (χ1n) is 5.81. The monoisotopic (exact) mass is 262 g/mol. The zero-order chi connectivity index (χ0) is 13.3. The van der Waals surface area contributed by atoms with Crippen molar-refractivity contribution in [3.05, 3.63) is 47.0 Å². The number of fused-ring (bicyclic) bond motifs is 1. The van der Waals surface area contributed by atoms with Gasteiger partial charge in [-0.25, -0.2) is 0 Å². The standard InChI is InChI=1S/C15H15ClO2/c1-15(2,9-14(17)18)12-7-8-13(16)11-6-4-3-5-10(11)12/h3-8H,9H2,1-2H3,(H,17,18). The predicted octanol–water partition coefficient (Wildman–Crippen LogP) is 4.25. The summed E-state index contributed by atoms with van der Waals surface area (Å²) < 4.78 is 0. The van der Waals surface area contributed by atoms with E-state index in [4.69, 9.17) is 16.7 Å². The molecule has 18 heavy (non-hydrogen) atoms. The van der Waals surface area contributed by atoms with E-state index in [0.717, 1.165) is 16.3 Å². The Bertz CT molecular complexity index is 602. The van der Waals surface area contributed by atoms with E-state index in [1.54, 1.807) is 0 Å². The van der Waals surface area contributed by atoms with Crippen molar-refractivity contribution in [3.8, 4) is 0 Å². The molecule has 0 aliphatic heterocycles. The molecule has 94 valence electrons. The Morgan fingerprint density at radius 1 is 1.17 bits per heavy atom. The molecular formula is C15H15ClO2. The van der Waals surface area contributed by atoms with E-state index in [1.165, 1.54) is 0 Å². The molecule has 2 aromatic carbocycles. The van der Waals surface area contributed by atoms with Gasteiger partial charge in [-0.15, -0.1) is 0 Å². The van der Waals surface area contributed by atoms with Crippen LogP contribution >= 0.6 is 11.6 Å². The second-order valence-corrected chi connectivity index (χ2v) is 5.50. The smallest absolute Gasteiger partial charge is 0.304 e. The number of aliphatic carboxylic acids is 1. The first-order chi connectivity index (χ1) is 8.42. The van der Waals surface area contributed by atoms with E-state index in [0.29, 0.717) is 5.02 Å². The highest BCUT2D eigenvalue weighted by Gasteiger charge is 2.26. The number of benzene rings is 2. The SMILES string of the molecule is CC(C)(CC(=O)O)c1ccc(Cl)c2ccccc12. The number of hydrogen-bond donors (Lipinski definition) is 1. The summed E-state index contributed by atoms with van der Waals surface area (Å²) >= 11 is 6.17. The van der Waals surface area contributed by atoms with Gasteiger partial charge in [0.1, 0.15) is 0 Å². The maximum atomic E-state index is 11.0. The lowest BCUT2D eigenvalue weighted by atomic mass is 9.79. The van der Waals surface area contributed by atoms with Crippen molar-refractivity contribution >= 4 is 28.3 Å². The fraction of sp³-hybridized carbons (Fsp3) is 0.267. The van der Waals surface area contributed by atoms with Gasteiger partial charge in [0.2, 0.25) is 0 Å². The number of carboxylic acids is 1. The van der Waals surface area contributed by atoms with Gasteiger partial charge in [-0.2, -0.15) is 0 Å². The van der Waals surface area contributed by atoms with E-state index < -0.39 is 11.4 Å². The quantitative estimate of drug-likeness (QED) is 0.898. The molecule has 0 aliphatic carbocycles. The first kappa shape index (κ1) is 12.9. The van der Waals surface area contributed by atoms with E-state index >= 15 is 0 Å². The lowest BCUT2D eigenvalue weighted by Crippen LogP contribution is -2.22. The molecule has 2 nitrogen and oxygen atoms in total. The third kappa shape index (κ3) is 2.34. The Kier molecular flexibility index (Phi) is 3.31. The summed E-state index contributed by atoms with van der Waals surface area (Å²) in [6.07, 6.45) is 0.0959. The van der Waals surface area contributed by atoms with Crippen LogP contribution < -0.4 is 0 Å². The molecule has 0 aliphatic rings. The lowest BCUT2D eigenvalue weighted by molar-refractivity contribution is -0.138. The molecule has 2 aromatic rings. The molecule has 0 amide bonds. The third-order valence-electron chi connectivity index (χ3n) is 3.19. The molecule has 0 aromatic heterocycles. The Morgan fingerprint density at radius 2 is 1.78 bits per heavy atom. The number of halogens is 1. The number of rotatable bonds is 3. The normalized spacial score (nSPS) is 11.7. The van der Waals surface area contributed by atoms with Crippen LogP contribution in [0, 0.1) is 0 Å². The van der Waals surface area contributed by atoms with Crippen LogP contribution in [0.2, 0.25) is 5.02 Å². The molecule has 0 heterocycles. The summed E-state index contributed by atoms with van der Waals surface area (Å²) in [4.78, 5) is 11.0. The van der Waals surface area contributed by atoms with Gasteiger partial charge in [0.25, 0.3) is 0 Å². The van der Waals surface area contributed by atoms with Crippen LogP contribution in [0.25, 0.3) is 10.8 Å². The topological polar surface area (TPSA) is 37.3 Å². The summed E-state index contributed by atoms with van der Waals surface area (Å²) in [6, 6.07) is 11.6. The molecule has 3 heteroatoms. The van der Waals surface area contributed by atoms with Crippen molar-refractivity contribution in [2.24, 2.45) is 0 Å². The highest BCUT2D eigenvalue weighted by atomic mass is 35.5. The van der Waals surface area contributed by atoms with E-state index in [2.05, 4.69) is 0 Å². The zero-order valence-electron chi connectivity index (χ0n) is 10.4. The fourth-order valence-corrected chi connectivity index (χ4v) is 2.55. The molecular weight excluding hydrogens is 248 g/mol. The Hall–Kier alpha value is -1.54. The van der Waals surface area contributed by atoms with E-state index in [9.17, 15) is 4.79 Å². The number of hydrogen-bond acceptors (Lipinski definition) is 1. The molecule has 0 saturated carbocycles. The maximum Gasteiger partial charge on any atom is 0.304 e. The van der Waals surface area contributed by atoms with Gasteiger partial charge in [0.05, 0.1) is 6.42 Å². The van der Waals surface area contributed by atoms with Gasteiger partial charge in [0.15, 0.2) is 0 Å². The van der Waals surface area contributed by atoms with Gasteiger partial charge in [-0.05, 0) is 17.0 Å². The van der Waals surface area contributed by atoms with Crippen LogP contribution in [0.5, 0.6) is 0 Å². The average Bonchev–Trinajstić information content (AvgIpc) is 2.27. The molecule has 0 spiro atoms. The molecule has 0 saturated heterocycles. The fourth-order valence-electron chi connectivity index (χ4n) is 2.33. The zero-order valence-corrected chi connectivity index (χ0v) is 11.2. The Morgan fingerprint density at radius 3 is 2.39 bits per heavy atom. The summed E-state index contributed by atoms with van der Waals surface area (Å²) in [5.41, 5.74) is 0.598. The number of carbonyl (C=O) groups is 1. The molecule has 0 unspecified atom stereocenters. The molecule has 1 N–H and O–H groups in total. The Balaban J connectivity index is 2.65. The van der Waals surface area contributed by atoms with Crippen molar-refractivity contribution in [2.45, 2.75) is 25.7 Å². The lowest BCUT2D eigenvalue weighted by Gasteiger charge is -2.25. The minimum atomic E-state index is -0.793. The minimum absolute atomic E-state index is 0.0959. The summed E-state index contributed by atoms with van der Waals surface area (Å²) in [5.74, 6) is -0.793. The van der Waals surface area contributed by atoms with Crippen LogP contribution in [0.3, 0.4) is 0 Å². The van der Waals surface area contributed by atoms with Crippen LogP contribution in [0.15, 0.2) is 36.4 Å². The summed E-state index contributed by atoms with van der Waals surface area (Å²) in [5, 5.41) is 11.7. The number of carboxylic acid groups (broad SMARTS) is 1. The summed E-state index contributed by atoms with van der Waals surface area (Å²) in [6.45, 7) is 3.88. The van der Waals surface area contributed by atoms with Gasteiger partial charge >= 0.3 is 5.97 Å². The summed E-state index contributed by atoms with van der Waals surface area (Å²) in [7, 11) is 0. The highest BCUT2D eigenvalue weighted by Crippen LogP contribution is 2.35. The van der Waals surface area contributed by atoms with Gasteiger partial charge in [-0.1, -0.05) is 55.8 Å². The van der Waals surface area contributed by atoms with Crippen molar-refractivity contribution in [1.82, 2.24) is 0 Å². The third-order valence-corrected chi connectivity index (χ3v) is 3.52. The molecule has 2 rings (SSSR count). The van der Waals surface area contributed by atoms with Gasteiger partial charge in [-0.3, -0.25) is 4.79 Å². The second-order valence-electron chi connectivity index (χ2n) is 5.09. The van der Waals surface area contributed by atoms with E-state index in [1.807, 2.05) is 50.2 Å². The van der Waals surface area contributed by atoms with Gasteiger partial charge < -0.3 is 5.11 Å². The van der Waals surface area contributed by atoms with Crippen molar-refractivity contribution in [2.75, 3.05) is 0 Å². The predicted molar refractivity (Wildman–Crippen MR) is 74.2 cm³/mol. The van der Waals surface area contributed by atoms with Crippen LogP contribution in [0.4, 0.5) is 0 Å². The minimum Gasteiger partial charge on any atom is -0.481 e. The van der Waals surface area contributed by atoms with Crippen LogP contribution in [0.1, 0.15) is 25.8 Å². The van der Waals surface area contributed by atoms with E-state index in [-0.39, 0.29) is 6.42 Å². The largest absolute Gasteiger partial charge is 0.481 e. The van der Waals surface area contributed by atoms with Crippen molar-refractivity contribution in [1.29, 1.82) is 0 Å². The average molecular weight is 263 g/mol. The first-order valence-corrected chi connectivity index (χ1v) is 6.19. The molecule has 0 radical (unpaired) electrons. The highest BCUT2D eigenvalue weighted by molar-refractivity contribution is 6.35. The molecule has 0 fully saturated rings. The second kappa shape index (κ2) is 4.62. The van der Waals surface area contributed by atoms with Crippen molar-refractivity contribution in [3.63, 3.8) is 0 Å². The molecule has 0 bridgehead atoms. The van der Waals surface area contributed by atoms with Crippen LogP contribution in [-0.4, -0.2) is 11.1 Å². The Labute approximate surface area is 111 Å². The van der Waals surface area contributed by atoms with Crippen LogP contribution in [-0.2, 0) is 10.2 Å². The molecule has 0 atom stereocenters. The van der Waals surface area contributed by atoms with Gasteiger partial charge in [0, 0.05) is 15.8 Å².